The van der Waals surface area contributed by atoms with Gasteiger partial charge in [-0.1, -0.05) is 0 Å². The van der Waals surface area contributed by atoms with Gasteiger partial charge in [0.15, 0.2) is 0 Å². The Bertz CT molecular complexity index is 2880. The Morgan fingerprint density at radius 3 is 0.939 bits per heavy atom. The normalized spacial score (nSPS) is 16.1. The molecule has 0 N–H and O–H groups in total. The van der Waals surface area contributed by atoms with Crippen molar-refractivity contribution in [1.82, 2.24) is 0 Å². The van der Waals surface area contributed by atoms with Crippen molar-refractivity contribution in [2.45, 2.75) is 55.0 Å². The molecule has 2 aliphatic rings. The quantitative estimate of drug-likeness (QED) is 0.107. The Morgan fingerprint density at radius 1 is 0.379 bits per heavy atom. The minimum atomic E-state index is -4.39. The third-order valence-corrected chi connectivity index (χ3v) is 32.0. The largest absolute Gasteiger partial charge is 0.147 e. The van der Waals surface area contributed by atoms with Crippen LogP contribution in [-0.2, 0) is 17.4 Å². The zero-order valence-electron chi connectivity index (χ0n) is 38.5. The molecule has 0 radical (unpaired) electrons. The van der Waals surface area contributed by atoms with Crippen LogP contribution in [0.2, 0.25) is 9.26 Å². The first kappa shape index (κ1) is 47.4. The second-order valence-electron chi connectivity index (χ2n) is 19.7. The molecule has 10 rings (SSSR count). The molecular formula is C62H60Cl2SiZr. The summed E-state index contributed by atoms with van der Waals surface area (Å²) in [5.74, 6) is 0.735. The van der Waals surface area contributed by atoms with E-state index in [0.717, 1.165) is 12.8 Å². The fraction of sp³-hybridized carbons (Fsp3) is 0.161. The van der Waals surface area contributed by atoms with Crippen LogP contribution in [0.4, 0.5) is 0 Å². The number of hydrogen-bond acceptors (Lipinski definition) is 0. The van der Waals surface area contributed by atoms with E-state index in [9.17, 15) is 0 Å². The molecule has 4 unspecified atom stereocenters. The SMILES string of the molecule is CC(CC1=Cc2c(-c3ccccc3)ccc(-c3ccccc3)c2[CH]1[Zr]([CH3])([CH3])(=[SiH2])[CH]1C(CC(C)c2ccccc2)=Cc2c(-c3ccccc3)ccc(-c3ccccc3)c21)c1ccccc1.Cl.Cl. The van der Waals surface area contributed by atoms with Gasteiger partial charge in [0.1, 0.15) is 0 Å². The van der Waals surface area contributed by atoms with Crippen molar-refractivity contribution < 1.29 is 17.4 Å². The first-order chi connectivity index (χ1) is 31.1. The van der Waals surface area contributed by atoms with E-state index < -0.39 is 17.4 Å². The van der Waals surface area contributed by atoms with Gasteiger partial charge in [-0.2, -0.15) is 0 Å². The number of halogens is 2. The van der Waals surface area contributed by atoms with Crippen molar-refractivity contribution in [1.29, 1.82) is 0 Å². The van der Waals surface area contributed by atoms with Gasteiger partial charge in [0.05, 0.1) is 0 Å². The van der Waals surface area contributed by atoms with Crippen LogP contribution in [0.25, 0.3) is 56.7 Å². The molecule has 0 aromatic heterocycles. The van der Waals surface area contributed by atoms with E-state index >= 15 is 0 Å². The average Bonchev–Trinajstić information content (AvgIpc) is 3.93. The van der Waals surface area contributed by atoms with Crippen molar-refractivity contribution in [2.75, 3.05) is 0 Å². The molecule has 0 saturated heterocycles. The fourth-order valence-electron chi connectivity index (χ4n) is 11.8. The third kappa shape index (κ3) is 8.91. The minimum Gasteiger partial charge on any atom is -0.147 e. The van der Waals surface area contributed by atoms with Crippen LogP contribution < -0.4 is 0 Å². The number of hydrogen-bond donors (Lipinski definition) is 0. The van der Waals surface area contributed by atoms with Crippen molar-refractivity contribution in [3.63, 3.8) is 0 Å². The summed E-state index contributed by atoms with van der Waals surface area (Å²) in [6.45, 7) is 7.41. The fourth-order valence-corrected chi connectivity index (χ4v) is 31.3. The number of rotatable bonds is 12. The summed E-state index contributed by atoms with van der Waals surface area (Å²) >= 11 is -4.39. The zero-order valence-corrected chi connectivity index (χ0v) is 44.0. The van der Waals surface area contributed by atoms with Crippen LogP contribution in [-0.4, -0.2) is 6.88 Å². The van der Waals surface area contributed by atoms with Crippen LogP contribution in [0.15, 0.2) is 217 Å². The molecule has 8 aromatic rings. The second kappa shape index (κ2) is 19.6. The monoisotopic (exact) mass is 992 g/mol. The van der Waals surface area contributed by atoms with Gasteiger partial charge in [0.25, 0.3) is 0 Å². The molecular weight excluding hydrogens is 935 g/mol. The maximum Gasteiger partial charge on any atom is -0.147 e. The van der Waals surface area contributed by atoms with Crippen molar-refractivity contribution in [2.24, 2.45) is 0 Å². The Kier molecular flexibility index (Phi) is 14.1. The van der Waals surface area contributed by atoms with E-state index in [4.69, 9.17) is 0 Å². The smallest absolute Gasteiger partial charge is 0.147 e. The van der Waals surface area contributed by atoms with Crippen molar-refractivity contribution >= 4 is 43.8 Å². The van der Waals surface area contributed by atoms with Crippen molar-refractivity contribution in [3.8, 4) is 44.5 Å². The van der Waals surface area contributed by atoms with Crippen LogP contribution in [0, 0.1) is 0 Å². The number of allylic oxidation sites excluding steroid dienone is 2. The molecule has 8 aromatic carbocycles. The molecule has 0 fully saturated rings. The molecule has 0 saturated carbocycles. The van der Waals surface area contributed by atoms with E-state index in [0.29, 0.717) is 19.1 Å². The van der Waals surface area contributed by atoms with Gasteiger partial charge in [-0.05, 0) is 0 Å². The maximum absolute atomic E-state index is 4.39. The van der Waals surface area contributed by atoms with Gasteiger partial charge in [0.2, 0.25) is 0 Å². The zero-order chi connectivity index (χ0) is 43.9. The summed E-state index contributed by atoms with van der Waals surface area (Å²) < 4.78 is 6.32. The minimum absolute atomic E-state index is 0. The Hall–Kier alpha value is -5.08. The first-order valence-corrected chi connectivity index (χ1v) is 37.0. The van der Waals surface area contributed by atoms with E-state index in [1.165, 1.54) is 66.8 Å². The average molecular weight is 995 g/mol. The maximum atomic E-state index is 2.86. The van der Waals surface area contributed by atoms with Crippen LogP contribution >= 0.6 is 24.8 Å². The van der Waals surface area contributed by atoms with Gasteiger partial charge >= 0.3 is 387 Å². The topological polar surface area (TPSA) is 0 Å². The van der Waals surface area contributed by atoms with E-state index in [1.54, 1.807) is 22.3 Å². The molecule has 2 aliphatic carbocycles. The Labute approximate surface area is 408 Å². The molecule has 0 heterocycles. The van der Waals surface area contributed by atoms with Gasteiger partial charge in [0, 0.05) is 0 Å². The van der Waals surface area contributed by atoms with Gasteiger partial charge < -0.3 is 0 Å². The van der Waals surface area contributed by atoms with Crippen LogP contribution in [0.1, 0.15) is 79.2 Å². The summed E-state index contributed by atoms with van der Waals surface area (Å²) in [7, 11) is 0. The third-order valence-electron chi connectivity index (χ3n) is 14.6. The van der Waals surface area contributed by atoms with Gasteiger partial charge in [-0.3, -0.25) is 0 Å². The summed E-state index contributed by atoms with van der Waals surface area (Å²) in [6.07, 6.45) is 7.41. The first-order valence-electron chi connectivity index (χ1n) is 23.3. The molecule has 4 atom stereocenters. The van der Waals surface area contributed by atoms with Crippen molar-refractivity contribution in [3.05, 3.63) is 251 Å². The molecule has 0 amide bonds. The number of fused-ring (bicyclic) bond motifs is 2. The predicted octanol–water partition coefficient (Wildman–Crippen LogP) is 17.5. The molecule has 0 aliphatic heterocycles. The number of benzene rings is 8. The molecule has 4 heteroatoms. The van der Waals surface area contributed by atoms with E-state index in [2.05, 4.69) is 248 Å². The Morgan fingerprint density at radius 2 is 0.636 bits per heavy atom. The molecule has 0 bridgehead atoms. The summed E-state index contributed by atoms with van der Waals surface area (Å²) in [5.41, 5.74) is 22.6. The van der Waals surface area contributed by atoms with E-state index in [1.807, 2.05) is 0 Å². The predicted molar refractivity (Wildman–Crippen MR) is 290 cm³/mol. The molecule has 330 valence electrons. The summed E-state index contributed by atoms with van der Waals surface area (Å²) in [4.78, 5) is 0. The molecule has 66 heavy (non-hydrogen) atoms. The summed E-state index contributed by atoms with van der Waals surface area (Å²) in [6, 6.07) is 77.1. The van der Waals surface area contributed by atoms with E-state index in [-0.39, 0.29) is 24.8 Å². The molecule has 0 spiro atoms. The van der Waals surface area contributed by atoms with Gasteiger partial charge in [-0.25, -0.2) is 0 Å². The Balaban J connectivity index is 0.00000296. The van der Waals surface area contributed by atoms with Crippen LogP contribution in [0.5, 0.6) is 0 Å². The van der Waals surface area contributed by atoms with Gasteiger partial charge in [-0.15, -0.1) is 24.8 Å². The van der Waals surface area contributed by atoms with Crippen LogP contribution in [0.3, 0.4) is 0 Å². The second-order valence-corrected chi connectivity index (χ2v) is 50.2. The standard InChI is InChI=1S/2C30H25.2CH3.2ClH.H2Si.Zr/c2*1-22(24-11-5-2-6-12-24)19-23-20-29-27(25-13-7-3-8-14-25)17-18-28(30(29)21-23)26-15-9-4-10-16-26;;;;;;/h2*2-18,20-22H,19H2,1H3;2*1H3;2*1H;1H2;. The molecule has 0 nitrogen and oxygen atoms in total. The summed E-state index contributed by atoms with van der Waals surface area (Å²) in [5, 5.41) is 0.